The van der Waals surface area contributed by atoms with Crippen molar-refractivity contribution in [1.29, 1.82) is 0 Å². The first-order chi connectivity index (χ1) is 11.0. The predicted molar refractivity (Wildman–Crippen MR) is 84.9 cm³/mol. The molecule has 0 saturated heterocycles. The molecule has 2 aromatic carbocycles. The third-order valence-electron chi connectivity index (χ3n) is 3.21. The summed E-state index contributed by atoms with van der Waals surface area (Å²) in [7, 11) is 0. The number of hydrogen-bond donors (Lipinski definition) is 1. The molecule has 0 aliphatic carbocycles. The Morgan fingerprint density at radius 3 is 2.13 bits per heavy atom. The Hall–Kier alpha value is -2.82. The van der Waals surface area contributed by atoms with E-state index in [1.54, 1.807) is 24.3 Å². The number of benzene rings is 2. The molecule has 0 spiro atoms. The third-order valence-corrected chi connectivity index (χ3v) is 3.21. The first-order valence-corrected chi connectivity index (χ1v) is 7.28. The molecule has 0 saturated carbocycles. The van der Waals surface area contributed by atoms with Crippen LogP contribution >= 0.6 is 0 Å². The van der Waals surface area contributed by atoms with E-state index in [0.29, 0.717) is 17.9 Å². The van der Waals surface area contributed by atoms with Gasteiger partial charge in [-0.2, -0.15) is 0 Å². The van der Waals surface area contributed by atoms with Crippen molar-refractivity contribution in [3.8, 4) is 11.5 Å². The van der Waals surface area contributed by atoms with Gasteiger partial charge in [0.15, 0.2) is 6.10 Å². The van der Waals surface area contributed by atoms with Crippen LogP contribution in [0.1, 0.15) is 34.6 Å². The van der Waals surface area contributed by atoms with Crippen LogP contribution in [0.15, 0.2) is 48.5 Å². The van der Waals surface area contributed by atoms with Crippen molar-refractivity contribution in [3.63, 3.8) is 0 Å². The van der Waals surface area contributed by atoms with Gasteiger partial charge in [0.2, 0.25) is 5.78 Å². The summed E-state index contributed by atoms with van der Waals surface area (Å²) in [5.74, 6) is -0.171. The minimum atomic E-state index is -0.908. The zero-order valence-electron chi connectivity index (χ0n) is 13.0. The highest BCUT2D eigenvalue weighted by Gasteiger charge is 2.20. The average molecular weight is 314 g/mol. The first kappa shape index (κ1) is 16.5. The molecule has 0 aliphatic heterocycles. The molecule has 0 aromatic heterocycles. The quantitative estimate of drug-likeness (QED) is 0.654. The Kier molecular flexibility index (Phi) is 5.36. The standard InChI is InChI=1S/C18H18O5/c1-3-22-16-10-6-13(7-11-16)17(20)12(2)23-18(21)14-4-8-15(19)9-5-14/h4-12,19H,3H2,1-2H3/t12-/m1/s1. The lowest BCUT2D eigenvalue weighted by atomic mass is 10.1. The summed E-state index contributed by atoms with van der Waals surface area (Å²) >= 11 is 0. The lowest BCUT2D eigenvalue weighted by Crippen LogP contribution is -2.24. The summed E-state index contributed by atoms with van der Waals surface area (Å²) in [6, 6.07) is 12.3. The minimum absolute atomic E-state index is 0.0556. The number of esters is 1. The Bertz CT molecular complexity index is 674. The van der Waals surface area contributed by atoms with E-state index < -0.39 is 12.1 Å². The third kappa shape index (κ3) is 4.32. The highest BCUT2D eigenvalue weighted by molar-refractivity contribution is 6.01. The number of phenols is 1. The number of carbonyl (C=O) groups is 2. The average Bonchev–Trinajstić information content (AvgIpc) is 2.55. The van der Waals surface area contributed by atoms with Crippen LogP contribution in [-0.4, -0.2) is 29.6 Å². The lowest BCUT2D eigenvalue weighted by molar-refractivity contribution is 0.0319. The largest absolute Gasteiger partial charge is 0.508 e. The molecular formula is C18H18O5. The van der Waals surface area contributed by atoms with Crippen LogP contribution in [0.4, 0.5) is 0 Å². The van der Waals surface area contributed by atoms with Crippen LogP contribution in [0.25, 0.3) is 0 Å². The fourth-order valence-corrected chi connectivity index (χ4v) is 2.00. The molecule has 0 radical (unpaired) electrons. The van der Waals surface area contributed by atoms with Crippen LogP contribution in [-0.2, 0) is 4.74 Å². The second-order valence-electron chi connectivity index (χ2n) is 4.92. The Morgan fingerprint density at radius 2 is 1.57 bits per heavy atom. The normalized spacial score (nSPS) is 11.6. The molecule has 2 rings (SSSR count). The molecule has 1 atom stereocenters. The van der Waals surface area contributed by atoms with Crippen LogP contribution < -0.4 is 4.74 Å². The second kappa shape index (κ2) is 7.45. The molecule has 5 heteroatoms. The molecule has 0 amide bonds. The van der Waals surface area contributed by atoms with Gasteiger partial charge >= 0.3 is 5.97 Å². The summed E-state index contributed by atoms with van der Waals surface area (Å²) in [4.78, 5) is 24.2. The van der Waals surface area contributed by atoms with Gasteiger partial charge < -0.3 is 14.6 Å². The molecule has 0 aliphatic rings. The first-order valence-electron chi connectivity index (χ1n) is 7.28. The van der Waals surface area contributed by atoms with Crippen LogP contribution in [0.2, 0.25) is 0 Å². The van der Waals surface area contributed by atoms with E-state index in [-0.39, 0.29) is 17.1 Å². The van der Waals surface area contributed by atoms with Crippen LogP contribution in [0.3, 0.4) is 0 Å². The monoisotopic (exact) mass is 314 g/mol. The van der Waals surface area contributed by atoms with Crippen molar-refractivity contribution in [2.45, 2.75) is 20.0 Å². The van der Waals surface area contributed by atoms with Gasteiger partial charge in [0.1, 0.15) is 11.5 Å². The zero-order chi connectivity index (χ0) is 16.8. The molecular weight excluding hydrogens is 296 g/mol. The molecule has 23 heavy (non-hydrogen) atoms. The number of hydrogen-bond acceptors (Lipinski definition) is 5. The highest BCUT2D eigenvalue weighted by Crippen LogP contribution is 2.16. The van der Waals surface area contributed by atoms with Gasteiger partial charge in [0.05, 0.1) is 12.2 Å². The molecule has 2 aromatic rings. The maximum Gasteiger partial charge on any atom is 0.338 e. The fraction of sp³-hybridized carbons (Fsp3) is 0.222. The molecule has 120 valence electrons. The predicted octanol–water partition coefficient (Wildman–Crippen LogP) is 3.22. The Labute approximate surface area is 134 Å². The number of ketones is 1. The van der Waals surface area contributed by atoms with Crippen molar-refractivity contribution in [3.05, 3.63) is 59.7 Å². The van der Waals surface area contributed by atoms with Crippen LogP contribution in [0.5, 0.6) is 11.5 Å². The maximum atomic E-state index is 12.3. The number of phenolic OH excluding ortho intramolecular Hbond substituents is 1. The highest BCUT2D eigenvalue weighted by atomic mass is 16.5. The van der Waals surface area contributed by atoms with Gasteiger partial charge in [0, 0.05) is 5.56 Å². The van der Waals surface area contributed by atoms with Gasteiger partial charge in [-0.05, 0) is 62.4 Å². The topological polar surface area (TPSA) is 72.8 Å². The van der Waals surface area contributed by atoms with Gasteiger partial charge in [-0.25, -0.2) is 4.79 Å². The minimum Gasteiger partial charge on any atom is -0.508 e. The number of Topliss-reactive ketones (excluding diaryl/α,β-unsaturated/α-hetero) is 1. The maximum absolute atomic E-state index is 12.3. The molecule has 1 N–H and O–H groups in total. The number of ether oxygens (including phenoxy) is 2. The van der Waals surface area contributed by atoms with E-state index >= 15 is 0 Å². The van der Waals surface area contributed by atoms with Gasteiger partial charge in [-0.15, -0.1) is 0 Å². The summed E-state index contributed by atoms with van der Waals surface area (Å²) in [6.07, 6.45) is -0.908. The van der Waals surface area contributed by atoms with E-state index in [1.165, 1.54) is 31.2 Å². The Morgan fingerprint density at radius 1 is 1.00 bits per heavy atom. The van der Waals surface area contributed by atoms with E-state index in [1.807, 2.05) is 6.92 Å². The zero-order valence-corrected chi connectivity index (χ0v) is 13.0. The van der Waals surface area contributed by atoms with Gasteiger partial charge in [0.25, 0.3) is 0 Å². The SMILES string of the molecule is CCOc1ccc(C(=O)[C@@H](C)OC(=O)c2ccc(O)cc2)cc1. The fourth-order valence-electron chi connectivity index (χ4n) is 2.00. The molecule has 0 bridgehead atoms. The lowest BCUT2D eigenvalue weighted by Gasteiger charge is -2.13. The van der Waals surface area contributed by atoms with Crippen molar-refractivity contribution in [1.82, 2.24) is 0 Å². The van der Waals surface area contributed by atoms with E-state index in [2.05, 4.69) is 0 Å². The van der Waals surface area contributed by atoms with Crippen molar-refractivity contribution >= 4 is 11.8 Å². The summed E-state index contributed by atoms with van der Waals surface area (Å²) in [5.41, 5.74) is 0.716. The number of aromatic hydroxyl groups is 1. The van der Waals surface area contributed by atoms with Gasteiger partial charge in [-0.1, -0.05) is 0 Å². The van der Waals surface area contributed by atoms with Crippen LogP contribution in [0, 0.1) is 0 Å². The van der Waals surface area contributed by atoms with Crippen molar-refractivity contribution in [2.24, 2.45) is 0 Å². The summed E-state index contributed by atoms with van der Waals surface area (Å²) in [5, 5.41) is 9.20. The number of carbonyl (C=O) groups excluding carboxylic acids is 2. The van der Waals surface area contributed by atoms with Crippen molar-refractivity contribution < 1.29 is 24.2 Å². The van der Waals surface area contributed by atoms with E-state index in [9.17, 15) is 14.7 Å². The molecule has 0 heterocycles. The number of rotatable bonds is 6. The Balaban J connectivity index is 2.01. The molecule has 5 nitrogen and oxygen atoms in total. The summed E-state index contributed by atoms with van der Waals surface area (Å²) in [6.45, 7) is 3.95. The summed E-state index contributed by atoms with van der Waals surface area (Å²) < 4.78 is 10.5. The molecule has 0 fully saturated rings. The van der Waals surface area contributed by atoms with Crippen molar-refractivity contribution in [2.75, 3.05) is 6.61 Å². The van der Waals surface area contributed by atoms with E-state index in [4.69, 9.17) is 9.47 Å². The van der Waals surface area contributed by atoms with Gasteiger partial charge in [-0.3, -0.25) is 4.79 Å². The second-order valence-corrected chi connectivity index (χ2v) is 4.92. The molecule has 0 unspecified atom stereocenters. The van der Waals surface area contributed by atoms with E-state index in [0.717, 1.165) is 0 Å². The smallest absolute Gasteiger partial charge is 0.338 e.